The quantitative estimate of drug-likeness (QED) is 0.658. The molecule has 0 fully saturated rings. The highest BCUT2D eigenvalue weighted by Gasteiger charge is 2.18. The molecule has 0 bridgehead atoms. The highest BCUT2D eigenvalue weighted by Crippen LogP contribution is 2.33. The van der Waals surface area contributed by atoms with Crippen molar-refractivity contribution in [2.45, 2.75) is 13.0 Å². The van der Waals surface area contributed by atoms with Gasteiger partial charge in [-0.25, -0.2) is 5.43 Å². The van der Waals surface area contributed by atoms with Crippen LogP contribution >= 0.6 is 11.6 Å². The fourth-order valence-corrected chi connectivity index (χ4v) is 2.40. The Kier molecular flexibility index (Phi) is 5.07. The number of hydrogen-bond donors (Lipinski definition) is 2. The Labute approximate surface area is 129 Å². The van der Waals surface area contributed by atoms with Crippen LogP contribution in [0.1, 0.15) is 22.7 Å². The predicted molar refractivity (Wildman–Crippen MR) is 84.9 cm³/mol. The summed E-state index contributed by atoms with van der Waals surface area (Å²) >= 11 is 6.08. The molecule has 0 heterocycles. The van der Waals surface area contributed by atoms with Gasteiger partial charge in [0.15, 0.2) is 0 Å². The number of nitrogens with one attached hydrogen (secondary N) is 1. The molecule has 2 rings (SSSR count). The summed E-state index contributed by atoms with van der Waals surface area (Å²) in [6.07, 6.45) is 0. The molecule has 4 nitrogen and oxygen atoms in total. The van der Waals surface area contributed by atoms with E-state index in [-0.39, 0.29) is 6.04 Å². The zero-order chi connectivity index (χ0) is 15.4. The summed E-state index contributed by atoms with van der Waals surface area (Å²) in [5.74, 6) is 7.25. The summed E-state index contributed by atoms with van der Waals surface area (Å²) in [7, 11) is 3.26. The summed E-state index contributed by atoms with van der Waals surface area (Å²) in [6, 6.07) is 11.2. The van der Waals surface area contributed by atoms with E-state index in [1.54, 1.807) is 14.2 Å². The molecule has 0 amide bonds. The molecule has 1 atom stereocenters. The molecule has 2 aromatic rings. The van der Waals surface area contributed by atoms with Gasteiger partial charge in [-0.2, -0.15) is 0 Å². The number of ether oxygens (including phenoxy) is 2. The highest BCUT2D eigenvalue weighted by molar-refractivity contribution is 6.31. The standard InChI is InChI=1S/C16H19ClN2O2/c1-10-8-11(4-6-14(10)17)16(19-18)13-9-12(20-2)5-7-15(13)21-3/h4-9,16,19H,18H2,1-3H3. The number of halogens is 1. The number of aryl methyl sites for hydroxylation is 1. The number of nitrogens with two attached hydrogens (primary N) is 1. The number of methoxy groups -OCH3 is 2. The Morgan fingerprint density at radius 3 is 2.43 bits per heavy atom. The van der Waals surface area contributed by atoms with Gasteiger partial charge in [0.25, 0.3) is 0 Å². The van der Waals surface area contributed by atoms with E-state index < -0.39 is 0 Å². The Morgan fingerprint density at radius 2 is 1.86 bits per heavy atom. The van der Waals surface area contributed by atoms with E-state index in [9.17, 15) is 0 Å². The highest BCUT2D eigenvalue weighted by atomic mass is 35.5. The molecular weight excluding hydrogens is 288 g/mol. The van der Waals surface area contributed by atoms with Crippen molar-refractivity contribution < 1.29 is 9.47 Å². The molecule has 0 aliphatic carbocycles. The maximum Gasteiger partial charge on any atom is 0.124 e. The van der Waals surface area contributed by atoms with E-state index in [0.29, 0.717) is 0 Å². The Balaban J connectivity index is 2.51. The zero-order valence-corrected chi connectivity index (χ0v) is 13.1. The molecule has 0 radical (unpaired) electrons. The largest absolute Gasteiger partial charge is 0.497 e. The molecule has 21 heavy (non-hydrogen) atoms. The van der Waals surface area contributed by atoms with Gasteiger partial charge in [0, 0.05) is 10.6 Å². The third-order valence-electron chi connectivity index (χ3n) is 3.43. The van der Waals surface area contributed by atoms with Crippen molar-refractivity contribution in [3.63, 3.8) is 0 Å². The van der Waals surface area contributed by atoms with E-state index in [1.165, 1.54) is 0 Å². The minimum absolute atomic E-state index is 0.217. The number of hydrazine groups is 1. The lowest BCUT2D eigenvalue weighted by Crippen LogP contribution is -2.29. The smallest absolute Gasteiger partial charge is 0.124 e. The molecule has 0 aliphatic rings. The molecule has 5 heteroatoms. The second kappa shape index (κ2) is 6.80. The predicted octanol–water partition coefficient (Wildman–Crippen LogP) is 3.22. The fourth-order valence-electron chi connectivity index (χ4n) is 2.28. The summed E-state index contributed by atoms with van der Waals surface area (Å²) < 4.78 is 10.7. The third-order valence-corrected chi connectivity index (χ3v) is 3.85. The van der Waals surface area contributed by atoms with Crippen molar-refractivity contribution >= 4 is 11.6 Å². The molecule has 3 N–H and O–H groups in total. The molecule has 1 unspecified atom stereocenters. The topological polar surface area (TPSA) is 56.5 Å². The van der Waals surface area contributed by atoms with Crippen LogP contribution in [0.25, 0.3) is 0 Å². The number of rotatable bonds is 5. The van der Waals surface area contributed by atoms with Crippen LogP contribution in [0.4, 0.5) is 0 Å². The lowest BCUT2D eigenvalue weighted by Gasteiger charge is -2.21. The molecule has 112 valence electrons. The van der Waals surface area contributed by atoms with Gasteiger partial charge in [0.2, 0.25) is 0 Å². The van der Waals surface area contributed by atoms with Crippen LogP contribution in [-0.4, -0.2) is 14.2 Å². The van der Waals surface area contributed by atoms with E-state index in [1.807, 2.05) is 43.3 Å². The van der Waals surface area contributed by atoms with Gasteiger partial charge >= 0.3 is 0 Å². The van der Waals surface area contributed by atoms with Gasteiger partial charge in [-0.05, 0) is 42.3 Å². The minimum atomic E-state index is -0.217. The Hall–Kier alpha value is -1.75. The Morgan fingerprint density at radius 1 is 1.10 bits per heavy atom. The van der Waals surface area contributed by atoms with Crippen molar-refractivity contribution in [1.82, 2.24) is 5.43 Å². The first kappa shape index (κ1) is 15.6. The molecule has 0 spiro atoms. The molecular formula is C16H19ClN2O2. The van der Waals surface area contributed by atoms with Gasteiger partial charge in [0.05, 0.1) is 20.3 Å². The van der Waals surface area contributed by atoms with Gasteiger partial charge < -0.3 is 9.47 Å². The van der Waals surface area contributed by atoms with Crippen molar-refractivity contribution in [1.29, 1.82) is 0 Å². The molecule has 0 saturated carbocycles. The lowest BCUT2D eigenvalue weighted by molar-refractivity contribution is 0.394. The van der Waals surface area contributed by atoms with E-state index in [0.717, 1.165) is 33.2 Å². The summed E-state index contributed by atoms with van der Waals surface area (Å²) in [5, 5.41) is 0.729. The maximum absolute atomic E-state index is 6.08. The number of benzene rings is 2. The van der Waals surface area contributed by atoms with Gasteiger partial charge in [-0.3, -0.25) is 5.84 Å². The minimum Gasteiger partial charge on any atom is -0.497 e. The van der Waals surface area contributed by atoms with Crippen molar-refractivity contribution in [2.24, 2.45) is 5.84 Å². The average Bonchev–Trinajstić information content (AvgIpc) is 2.51. The van der Waals surface area contributed by atoms with E-state index in [2.05, 4.69) is 5.43 Å². The van der Waals surface area contributed by atoms with Crippen LogP contribution < -0.4 is 20.7 Å². The first-order valence-corrected chi connectivity index (χ1v) is 6.92. The molecule has 0 aliphatic heterocycles. The summed E-state index contributed by atoms with van der Waals surface area (Å²) in [4.78, 5) is 0. The molecule has 0 aromatic heterocycles. The van der Waals surface area contributed by atoms with Crippen molar-refractivity contribution in [3.8, 4) is 11.5 Å². The average molecular weight is 307 g/mol. The monoisotopic (exact) mass is 306 g/mol. The van der Waals surface area contributed by atoms with E-state index >= 15 is 0 Å². The summed E-state index contributed by atoms with van der Waals surface area (Å²) in [6.45, 7) is 1.96. The second-order valence-electron chi connectivity index (χ2n) is 4.72. The van der Waals surface area contributed by atoms with Crippen LogP contribution in [0.3, 0.4) is 0 Å². The summed E-state index contributed by atoms with van der Waals surface area (Å²) in [5.41, 5.74) is 5.73. The maximum atomic E-state index is 6.08. The van der Waals surface area contributed by atoms with Crippen molar-refractivity contribution in [2.75, 3.05) is 14.2 Å². The van der Waals surface area contributed by atoms with Crippen LogP contribution in [0.2, 0.25) is 5.02 Å². The van der Waals surface area contributed by atoms with Crippen LogP contribution in [0, 0.1) is 6.92 Å². The normalized spacial score (nSPS) is 12.0. The number of hydrogen-bond acceptors (Lipinski definition) is 4. The van der Waals surface area contributed by atoms with Gasteiger partial charge in [0.1, 0.15) is 11.5 Å². The van der Waals surface area contributed by atoms with Crippen LogP contribution in [0.5, 0.6) is 11.5 Å². The zero-order valence-electron chi connectivity index (χ0n) is 12.3. The van der Waals surface area contributed by atoms with Crippen LogP contribution in [-0.2, 0) is 0 Å². The first-order valence-electron chi connectivity index (χ1n) is 6.54. The second-order valence-corrected chi connectivity index (χ2v) is 5.12. The van der Waals surface area contributed by atoms with Gasteiger partial charge in [-0.1, -0.05) is 23.7 Å². The molecule has 2 aromatic carbocycles. The molecule has 0 saturated heterocycles. The fraction of sp³-hybridized carbons (Fsp3) is 0.250. The van der Waals surface area contributed by atoms with Gasteiger partial charge in [-0.15, -0.1) is 0 Å². The van der Waals surface area contributed by atoms with Crippen molar-refractivity contribution in [3.05, 3.63) is 58.1 Å². The Bertz CT molecular complexity index is 632. The first-order chi connectivity index (χ1) is 10.1. The lowest BCUT2D eigenvalue weighted by atomic mass is 9.97. The van der Waals surface area contributed by atoms with Crippen LogP contribution in [0.15, 0.2) is 36.4 Å². The third kappa shape index (κ3) is 3.29. The SMILES string of the molecule is COc1ccc(OC)c(C(NN)c2ccc(Cl)c(C)c2)c1. The van der Waals surface area contributed by atoms with E-state index in [4.69, 9.17) is 26.9 Å².